The first-order chi connectivity index (χ1) is 12.3. The van der Waals surface area contributed by atoms with Crippen LogP contribution in [-0.4, -0.2) is 18.8 Å². The number of methoxy groups -OCH3 is 1. The highest BCUT2D eigenvalue weighted by Crippen LogP contribution is 2.03. The zero-order chi connectivity index (χ0) is 18.4. The standard InChI is InChI=1S/C22H32O2S/c1-3-4-5-6-7-8-9-10-11-12-13-14-15-16-17-18-19-20-25-21-22(23)24-2/h4-5,7-8,10-11,13-14,16-17,19-20H,3,6,9,12,15,18,21H2,1-2H3/b5-4-,8-7-,11-10-,14-13-,17-16-,20-19+. The van der Waals surface area contributed by atoms with E-state index in [-0.39, 0.29) is 5.97 Å². The van der Waals surface area contributed by atoms with E-state index in [2.05, 4.69) is 72.4 Å². The molecule has 0 amide bonds. The van der Waals surface area contributed by atoms with Crippen molar-refractivity contribution in [3.8, 4) is 0 Å². The van der Waals surface area contributed by atoms with Gasteiger partial charge in [-0.1, -0.05) is 73.8 Å². The Balaban J connectivity index is 3.53. The van der Waals surface area contributed by atoms with Crippen LogP contribution in [0.15, 0.2) is 72.2 Å². The Hall–Kier alpha value is -1.74. The van der Waals surface area contributed by atoms with Crippen LogP contribution in [0.25, 0.3) is 0 Å². The summed E-state index contributed by atoms with van der Waals surface area (Å²) in [6, 6.07) is 0. The highest BCUT2D eigenvalue weighted by Gasteiger charge is 1.95. The second-order valence-electron chi connectivity index (χ2n) is 5.20. The number of ether oxygens (including phenoxy) is 1. The highest BCUT2D eigenvalue weighted by molar-refractivity contribution is 8.02. The maximum atomic E-state index is 10.9. The number of carbonyl (C=O) groups excluding carboxylic acids is 1. The molecule has 0 N–H and O–H groups in total. The molecule has 0 bridgehead atoms. The van der Waals surface area contributed by atoms with Gasteiger partial charge in [0.15, 0.2) is 0 Å². The molecule has 0 aliphatic rings. The fourth-order valence-electron chi connectivity index (χ4n) is 1.72. The van der Waals surface area contributed by atoms with Crippen molar-refractivity contribution < 1.29 is 9.53 Å². The van der Waals surface area contributed by atoms with Crippen molar-refractivity contribution >= 4 is 17.7 Å². The molecule has 0 aromatic carbocycles. The molecule has 0 heterocycles. The predicted octanol–water partition coefficient (Wildman–Crippen LogP) is 6.55. The summed E-state index contributed by atoms with van der Waals surface area (Å²) in [6.07, 6.45) is 29.9. The van der Waals surface area contributed by atoms with Crippen molar-refractivity contribution in [1.82, 2.24) is 0 Å². The maximum absolute atomic E-state index is 10.9. The average molecular weight is 361 g/mol. The molecule has 0 saturated carbocycles. The molecule has 0 atom stereocenters. The van der Waals surface area contributed by atoms with Crippen LogP contribution in [0, 0.1) is 0 Å². The van der Waals surface area contributed by atoms with E-state index in [9.17, 15) is 4.79 Å². The van der Waals surface area contributed by atoms with Crippen molar-refractivity contribution in [1.29, 1.82) is 0 Å². The minimum atomic E-state index is -0.190. The summed E-state index contributed by atoms with van der Waals surface area (Å²) in [5.41, 5.74) is 0. The van der Waals surface area contributed by atoms with Gasteiger partial charge in [-0.3, -0.25) is 4.79 Å². The number of hydrogen-bond acceptors (Lipinski definition) is 3. The summed E-state index contributed by atoms with van der Waals surface area (Å²) >= 11 is 1.45. The lowest BCUT2D eigenvalue weighted by Crippen LogP contribution is -2.01. The minimum absolute atomic E-state index is 0.190. The molecule has 25 heavy (non-hydrogen) atoms. The molecule has 0 aromatic heterocycles. The number of rotatable bonds is 14. The van der Waals surface area contributed by atoms with Crippen LogP contribution in [-0.2, 0) is 9.53 Å². The topological polar surface area (TPSA) is 26.3 Å². The predicted molar refractivity (Wildman–Crippen MR) is 113 cm³/mol. The van der Waals surface area contributed by atoms with Gasteiger partial charge in [0.25, 0.3) is 0 Å². The SMILES string of the molecule is CC/C=C\C/C=C\C/C=C\C/C=C\C/C=C\C/C=C/SCC(=O)OC. The van der Waals surface area contributed by atoms with Gasteiger partial charge in [0.05, 0.1) is 12.9 Å². The first-order valence-electron chi connectivity index (χ1n) is 8.89. The van der Waals surface area contributed by atoms with Crippen LogP contribution in [0.3, 0.4) is 0 Å². The zero-order valence-corrected chi connectivity index (χ0v) is 16.4. The van der Waals surface area contributed by atoms with Crippen molar-refractivity contribution in [3.63, 3.8) is 0 Å². The summed E-state index contributed by atoms with van der Waals surface area (Å²) in [5.74, 6) is 0.183. The molecule has 138 valence electrons. The van der Waals surface area contributed by atoms with Gasteiger partial charge in [-0.25, -0.2) is 0 Å². The van der Waals surface area contributed by atoms with E-state index in [1.807, 2.05) is 11.5 Å². The zero-order valence-electron chi connectivity index (χ0n) is 15.6. The van der Waals surface area contributed by atoms with Gasteiger partial charge in [0.1, 0.15) is 0 Å². The monoisotopic (exact) mass is 360 g/mol. The summed E-state index contributed by atoms with van der Waals surface area (Å²) in [6.45, 7) is 2.15. The second-order valence-corrected chi connectivity index (χ2v) is 6.10. The highest BCUT2D eigenvalue weighted by atomic mass is 32.2. The Morgan fingerprint density at radius 1 is 0.720 bits per heavy atom. The number of carbonyl (C=O) groups is 1. The van der Waals surface area contributed by atoms with Crippen molar-refractivity contribution in [2.24, 2.45) is 0 Å². The van der Waals surface area contributed by atoms with E-state index in [4.69, 9.17) is 0 Å². The smallest absolute Gasteiger partial charge is 0.315 e. The largest absolute Gasteiger partial charge is 0.468 e. The lowest BCUT2D eigenvalue weighted by molar-refractivity contribution is -0.137. The van der Waals surface area contributed by atoms with Gasteiger partial charge < -0.3 is 4.74 Å². The van der Waals surface area contributed by atoms with Crippen LogP contribution in [0.5, 0.6) is 0 Å². The Morgan fingerprint density at radius 2 is 1.12 bits per heavy atom. The summed E-state index contributed by atoms with van der Waals surface area (Å²) in [4.78, 5) is 10.9. The molecule has 2 nitrogen and oxygen atoms in total. The van der Waals surface area contributed by atoms with Gasteiger partial charge in [0.2, 0.25) is 0 Å². The van der Waals surface area contributed by atoms with Crippen molar-refractivity contribution in [2.75, 3.05) is 12.9 Å². The van der Waals surface area contributed by atoms with Crippen LogP contribution in [0.4, 0.5) is 0 Å². The first kappa shape index (κ1) is 23.3. The summed E-state index contributed by atoms with van der Waals surface area (Å²) in [5, 5.41) is 1.94. The molecular formula is C22H32O2S. The molecule has 0 spiro atoms. The van der Waals surface area contributed by atoms with E-state index in [1.165, 1.54) is 18.9 Å². The normalized spacial score (nSPS) is 12.9. The number of allylic oxidation sites excluding steroid dienone is 11. The number of esters is 1. The van der Waals surface area contributed by atoms with Gasteiger partial charge in [-0.15, -0.1) is 11.8 Å². The third-order valence-corrected chi connectivity index (χ3v) is 3.84. The van der Waals surface area contributed by atoms with Gasteiger partial charge >= 0.3 is 5.97 Å². The number of thioether (sulfide) groups is 1. The first-order valence-corrected chi connectivity index (χ1v) is 9.94. The third kappa shape index (κ3) is 20.2. The van der Waals surface area contributed by atoms with Crippen molar-refractivity contribution in [3.05, 3.63) is 72.2 Å². The van der Waals surface area contributed by atoms with E-state index in [0.29, 0.717) is 5.75 Å². The Kier molecular flexibility index (Phi) is 18.9. The molecule has 3 heteroatoms. The number of hydrogen-bond donors (Lipinski definition) is 0. The van der Waals surface area contributed by atoms with E-state index in [1.54, 1.807) is 0 Å². The van der Waals surface area contributed by atoms with Crippen LogP contribution in [0.1, 0.15) is 45.4 Å². The van der Waals surface area contributed by atoms with E-state index >= 15 is 0 Å². The second kappa shape index (κ2) is 20.3. The Morgan fingerprint density at radius 3 is 1.52 bits per heavy atom. The van der Waals surface area contributed by atoms with Gasteiger partial charge in [-0.05, 0) is 43.9 Å². The molecule has 0 unspecified atom stereocenters. The summed E-state index contributed by atoms with van der Waals surface area (Å²) in [7, 11) is 1.41. The van der Waals surface area contributed by atoms with Crippen molar-refractivity contribution in [2.45, 2.75) is 45.4 Å². The Bertz CT molecular complexity index is 482. The Labute approximate surface area is 158 Å². The van der Waals surface area contributed by atoms with E-state index in [0.717, 1.165) is 38.5 Å². The minimum Gasteiger partial charge on any atom is -0.468 e. The lowest BCUT2D eigenvalue weighted by atomic mass is 10.2. The third-order valence-electron chi connectivity index (χ3n) is 3.05. The lowest BCUT2D eigenvalue weighted by Gasteiger charge is -1.93. The molecule has 0 rings (SSSR count). The van der Waals surface area contributed by atoms with Crippen LogP contribution >= 0.6 is 11.8 Å². The molecule has 0 saturated heterocycles. The fraction of sp³-hybridized carbons (Fsp3) is 0.409. The van der Waals surface area contributed by atoms with Gasteiger partial charge in [0, 0.05) is 0 Å². The molecular weight excluding hydrogens is 328 g/mol. The van der Waals surface area contributed by atoms with Crippen LogP contribution < -0.4 is 0 Å². The van der Waals surface area contributed by atoms with E-state index < -0.39 is 0 Å². The maximum Gasteiger partial charge on any atom is 0.315 e. The molecule has 0 aliphatic heterocycles. The summed E-state index contributed by atoms with van der Waals surface area (Å²) < 4.78 is 4.56. The van der Waals surface area contributed by atoms with Crippen LogP contribution in [0.2, 0.25) is 0 Å². The molecule has 0 fully saturated rings. The molecule has 0 aromatic rings. The van der Waals surface area contributed by atoms with Gasteiger partial charge in [-0.2, -0.15) is 0 Å². The molecule has 0 aliphatic carbocycles. The quantitative estimate of drug-likeness (QED) is 0.259. The molecule has 0 radical (unpaired) electrons. The fourth-order valence-corrected chi connectivity index (χ4v) is 2.32. The average Bonchev–Trinajstić information content (AvgIpc) is 2.63.